The van der Waals surface area contributed by atoms with Crippen LogP contribution in [-0.4, -0.2) is 17.6 Å². The lowest BCUT2D eigenvalue weighted by atomic mass is 10.1. The van der Waals surface area contributed by atoms with Gasteiger partial charge in [-0.2, -0.15) is 5.12 Å². The highest BCUT2D eigenvalue weighted by Crippen LogP contribution is 2.11. The van der Waals surface area contributed by atoms with Gasteiger partial charge in [0.15, 0.2) is 0 Å². The molecule has 1 amide bonds. The first-order valence-corrected chi connectivity index (χ1v) is 4.27. The van der Waals surface area contributed by atoms with Gasteiger partial charge in [0.25, 0.3) is 0 Å². The quantitative estimate of drug-likeness (QED) is 0.495. The Kier molecular flexibility index (Phi) is 3.33. The highest BCUT2D eigenvalue weighted by Gasteiger charge is 2.12. The molecule has 1 aliphatic rings. The molecular formula is C8H14FNO. The second-order valence-corrected chi connectivity index (χ2v) is 3.00. The van der Waals surface area contributed by atoms with Crippen LogP contribution in [0.1, 0.15) is 38.5 Å². The Hall–Kier alpha value is -0.600. The zero-order valence-electron chi connectivity index (χ0n) is 6.68. The van der Waals surface area contributed by atoms with Crippen molar-refractivity contribution in [2.75, 3.05) is 6.54 Å². The molecule has 0 saturated carbocycles. The Labute approximate surface area is 66.3 Å². The van der Waals surface area contributed by atoms with Crippen molar-refractivity contribution < 1.29 is 9.28 Å². The molecule has 0 spiro atoms. The molecule has 0 aliphatic carbocycles. The first-order valence-electron chi connectivity index (χ1n) is 4.27. The number of halogens is 1. The summed E-state index contributed by atoms with van der Waals surface area (Å²) in [5.74, 6) is -0.341. The van der Waals surface area contributed by atoms with Gasteiger partial charge in [-0.15, -0.1) is 0 Å². The van der Waals surface area contributed by atoms with Crippen molar-refractivity contribution in [3.8, 4) is 0 Å². The molecule has 3 heteroatoms. The Balaban J connectivity index is 2.35. The summed E-state index contributed by atoms with van der Waals surface area (Å²) in [7, 11) is 0. The van der Waals surface area contributed by atoms with Crippen molar-refractivity contribution in [3.63, 3.8) is 0 Å². The highest BCUT2D eigenvalue weighted by molar-refractivity contribution is 5.74. The minimum atomic E-state index is -0.341. The van der Waals surface area contributed by atoms with Crippen molar-refractivity contribution in [2.45, 2.75) is 38.5 Å². The smallest absolute Gasteiger partial charge is 0.250 e. The maximum atomic E-state index is 12.7. The van der Waals surface area contributed by atoms with Crippen LogP contribution in [0.25, 0.3) is 0 Å². The van der Waals surface area contributed by atoms with Gasteiger partial charge in [0.1, 0.15) is 0 Å². The third-order valence-corrected chi connectivity index (χ3v) is 2.02. The molecule has 1 fully saturated rings. The summed E-state index contributed by atoms with van der Waals surface area (Å²) in [4.78, 5) is 10.9. The van der Waals surface area contributed by atoms with Gasteiger partial charge in [0.2, 0.25) is 5.91 Å². The van der Waals surface area contributed by atoms with Crippen LogP contribution in [0.15, 0.2) is 0 Å². The number of rotatable bonds is 0. The molecule has 1 rings (SSSR count). The minimum Gasteiger partial charge on any atom is -0.272 e. The van der Waals surface area contributed by atoms with E-state index in [2.05, 4.69) is 0 Å². The molecule has 0 aromatic heterocycles. The van der Waals surface area contributed by atoms with Gasteiger partial charge in [-0.25, -0.2) is 0 Å². The van der Waals surface area contributed by atoms with E-state index < -0.39 is 0 Å². The van der Waals surface area contributed by atoms with Crippen LogP contribution in [-0.2, 0) is 4.79 Å². The van der Waals surface area contributed by atoms with Crippen molar-refractivity contribution in [3.05, 3.63) is 0 Å². The Morgan fingerprint density at radius 1 is 1.09 bits per heavy atom. The lowest BCUT2D eigenvalue weighted by molar-refractivity contribution is -0.146. The Morgan fingerprint density at radius 3 is 2.55 bits per heavy atom. The number of hydrogen-bond donors (Lipinski definition) is 0. The van der Waals surface area contributed by atoms with E-state index >= 15 is 0 Å². The number of carbonyl (C=O) groups is 1. The summed E-state index contributed by atoms with van der Waals surface area (Å²) in [6, 6.07) is 0. The standard InChI is InChI=1S/C8H14FNO/c9-10-7-5-3-1-2-4-6-8(10)11/h1-7H2. The van der Waals surface area contributed by atoms with E-state index in [1.807, 2.05) is 0 Å². The molecule has 11 heavy (non-hydrogen) atoms. The van der Waals surface area contributed by atoms with Gasteiger partial charge >= 0.3 is 0 Å². The largest absolute Gasteiger partial charge is 0.272 e. The Bertz CT molecular complexity index is 138. The maximum Gasteiger partial charge on any atom is 0.250 e. The SMILES string of the molecule is O=C1CCCCCCCN1F. The summed E-state index contributed by atoms with van der Waals surface area (Å²) in [6.45, 7) is 0.291. The zero-order valence-corrected chi connectivity index (χ0v) is 6.68. The fraction of sp³-hybridized carbons (Fsp3) is 0.875. The molecule has 0 aromatic carbocycles. The second-order valence-electron chi connectivity index (χ2n) is 3.00. The third kappa shape index (κ3) is 2.87. The summed E-state index contributed by atoms with van der Waals surface area (Å²) >= 11 is 0. The maximum absolute atomic E-state index is 12.7. The molecule has 2 nitrogen and oxygen atoms in total. The fourth-order valence-corrected chi connectivity index (χ4v) is 1.30. The van der Waals surface area contributed by atoms with E-state index in [0.29, 0.717) is 18.1 Å². The molecule has 0 aromatic rings. The lowest BCUT2D eigenvalue weighted by Gasteiger charge is -2.08. The molecule has 0 radical (unpaired) electrons. The van der Waals surface area contributed by atoms with Gasteiger partial charge in [-0.3, -0.25) is 4.79 Å². The van der Waals surface area contributed by atoms with Gasteiger partial charge in [-0.05, 0) is 12.8 Å². The summed E-state index contributed by atoms with van der Waals surface area (Å²) < 4.78 is 12.7. The normalized spacial score (nSPS) is 22.3. The third-order valence-electron chi connectivity index (χ3n) is 2.02. The van der Waals surface area contributed by atoms with E-state index in [1.54, 1.807) is 0 Å². The molecular weight excluding hydrogens is 145 g/mol. The zero-order chi connectivity index (χ0) is 8.10. The Morgan fingerprint density at radius 2 is 1.73 bits per heavy atom. The molecule has 0 unspecified atom stereocenters. The van der Waals surface area contributed by atoms with E-state index in [1.165, 1.54) is 0 Å². The summed E-state index contributed by atoms with van der Waals surface area (Å²) in [5, 5.41) is 0.366. The monoisotopic (exact) mass is 159 g/mol. The van der Waals surface area contributed by atoms with Gasteiger partial charge in [0, 0.05) is 6.42 Å². The lowest BCUT2D eigenvalue weighted by Crippen LogP contribution is -2.22. The van der Waals surface area contributed by atoms with Crippen molar-refractivity contribution in [2.24, 2.45) is 0 Å². The topological polar surface area (TPSA) is 20.3 Å². The predicted octanol–water partition coefficient (Wildman–Crippen LogP) is 2.05. The van der Waals surface area contributed by atoms with Crippen molar-refractivity contribution in [1.29, 1.82) is 0 Å². The van der Waals surface area contributed by atoms with E-state index in [4.69, 9.17) is 0 Å². The van der Waals surface area contributed by atoms with Gasteiger partial charge < -0.3 is 0 Å². The molecule has 64 valence electrons. The summed E-state index contributed by atoms with van der Waals surface area (Å²) in [6.07, 6.45) is 5.30. The van der Waals surface area contributed by atoms with E-state index in [9.17, 15) is 9.28 Å². The highest BCUT2D eigenvalue weighted by atomic mass is 19.2. The predicted molar refractivity (Wildman–Crippen MR) is 40.5 cm³/mol. The average Bonchev–Trinajstić information content (AvgIpc) is 2.07. The first-order chi connectivity index (χ1) is 5.30. The van der Waals surface area contributed by atoms with Crippen LogP contribution >= 0.6 is 0 Å². The molecule has 1 saturated heterocycles. The van der Waals surface area contributed by atoms with Crippen LogP contribution in [0.3, 0.4) is 0 Å². The molecule has 1 heterocycles. The molecule has 0 bridgehead atoms. The first kappa shape index (κ1) is 8.50. The average molecular weight is 159 g/mol. The van der Waals surface area contributed by atoms with Gasteiger partial charge in [-0.1, -0.05) is 23.7 Å². The van der Waals surface area contributed by atoms with Crippen molar-refractivity contribution in [1.82, 2.24) is 5.12 Å². The van der Waals surface area contributed by atoms with Crippen LogP contribution in [0.4, 0.5) is 4.48 Å². The molecule has 0 N–H and O–H groups in total. The second kappa shape index (κ2) is 4.31. The fourth-order valence-electron chi connectivity index (χ4n) is 1.30. The van der Waals surface area contributed by atoms with E-state index in [0.717, 1.165) is 32.1 Å². The van der Waals surface area contributed by atoms with Crippen molar-refractivity contribution >= 4 is 5.91 Å². The van der Waals surface area contributed by atoms with Crippen LogP contribution in [0, 0.1) is 0 Å². The summed E-state index contributed by atoms with van der Waals surface area (Å²) in [5.41, 5.74) is 0. The van der Waals surface area contributed by atoms with Crippen LogP contribution < -0.4 is 0 Å². The molecule has 0 atom stereocenters. The number of amides is 1. The number of nitrogens with zero attached hydrogens (tertiary/aromatic N) is 1. The van der Waals surface area contributed by atoms with Gasteiger partial charge in [0.05, 0.1) is 6.54 Å². The van der Waals surface area contributed by atoms with E-state index in [-0.39, 0.29) is 5.91 Å². The van der Waals surface area contributed by atoms with Crippen LogP contribution in [0.2, 0.25) is 0 Å². The number of hydrogen-bond acceptors (Lipinski definition) is 1. The number of carbonyl (C=O) groups excluding carboxylic acids is 1. The van der Waals surface area contributed by atoms with Crippen LogP contribution in [0.5, 0.6) is 0 Å². The minimum absolute atomic E-state index is 0.291. The molecule has 1 aliphatic heterocycles.